The van der Waals surface area contributed by atoms with E-state index < -0.39 is 24.4 Å². The second-order valence-corrected chi connectivity index (χ2v) is 3.82. The number of methoxy groups -OCH3 is 1. The van der Waals surface area contributed by atoms with Crippen LogP contribution in [-0.2, 0) is 0 Å². The SMILES string of the molecule is CCN(CC(F)(F)F)C(=O)c1ccc(OC)cc1O. The lowest BCUT2D eigenvalue weighted by atomic mass is 10.1. The van der Waals surface area contributed by atoms with Crippen LogP contribution < -0.4 is 4.74 Å². The molecule has 19 heavy (non-hydrogen) atoms. The molecule has 0 saturated carbocycles. The van der Waals surface area contributed by atoms with Crippen LogP contribution in [-0.4, -0.2) is 42.3 Å². The largest absolute Gasteiger partial charge is 0.507 e. The highest BCUT2D eigenvalue weighted by molar-refractivity contribution is 5.97. The number of benzene rings is 1. The van der Waals surface area contributed by atoms with Crippen molar-refractivity contribution in [1.82, 2.24) is 4.90 Å². The molecule has 0 saturated heterocycles. The van der Waals surface area contributed by atoms with Gasteiger partial charge in [0.25, 0.3) is 5.91 Å². The number of rotatable bonds is 4. The molecule has 0 atom stereocenters. The Morgan fingerprint density at radius 1 is 1.42 bits per heavy atom. The topological polar surface area (TPSA) is 49.8 Å². The van der Waals surface area contributed by atoms with E-state index in [0.717, 1.165) is 0 Å². The fourth-order valence-corrected chi connectivity index (χ4v) is 1.53. The van der Waals surface area contributed by atoms with Crippen molar-refractivity contribution in [2.75, 3.05) is 20.2 Å². The molecule has 1 aromatic carbocycles. The second-order valence-electron chi connectivity index (χ2n) is 3.82. The Bertz CT molecular complexity index is 460. The number of hydrogen-bond donors (Lipinski definition) is 1. The first kappa shape index (κ1) is 15.1. The molecule has 1 aromatic rings. The van der Waals surface area contributed by atoms with Crippen molar-refractivity contribution in [3.8, 4) is 11.5 Å². The van der Waals surface area contributed by atoms with E-state index in [9.17, 15) is 23.1 Å². The Morgan fingerprint density at radius 3 is 2.47 bits per heavy atom. The number of hydrogen-bond acceptors (Lipinski definition) is 3. The molecule has 0 bridgehead atoms. The van der Waals surface area contributed by atoms with Crippen molar-refractivity contribution in [3.63, 3.8) is 0 Å². The maximum Gasteiger partial charge on any atom is 0.406 e. The number of nitrogens with zero attached hydrogens (tertiary/aromatic N) is 1. The van der Waals surface area contributed by atoms with Crippen molar-refractivity contribution >= 4 is 5.91 Å². The average Bonchev–Trinajstić information content (AvgIpc) is 2.33. The Hall–Kier alpha value is -1.92. The third kappa shape index (κ3) is 4.04. The number of phenols is 1. The minimum absolute atomic E-state index is 0.107. The molecule has 0 aliphatic heterocycles. The lowest BCUT2D eigenvalue weighted by Gasteiger charge is -2.22. The third-order valence-corrected chi connectivity index (χ3v) is 2.47. The summed E-state index contributed by atoms with van der Waals surface area (Å²) in [5.41, 5.74) is -0.188. The van der Waals surface area contributed by atoms with Gasteiger partial charge in [0.2, 0.25) is 0 Å². The molecule has 0 radical (unpaired) electrons. The minimum Gasteiger partial charge on any atom is -0.507 e. The number of halogens is 3. The Labute approximate surface area is 108 Å². The van der Waals surface area contributed by atoms with Gasteiger partial charge in [0.05, 0.1) is 12.7 Å². The van der Waals surface area contributed by atoms with Gasteiger partial charge in [0.15, 0.2) is 0 Å². The van der Waals surface area contributed by atoms with Gasteiger partial charge >= 0.3 is 6.18 Å². The molecule has 106 valence electrons. The highest BCUT2D eigenvalue weighted by Crippen LogP contribution is 2.26. The Kier molecular flexibility index (Phi) is 4.63. The standard InChI is InChI=1S/C12H14F3NO3/c1-3-16(7-12(13,14)15)11(18)9-5-4-8(19-2)6-10(9)17/h4-6,17H,3,7H2,1-2H3. The molecule has 1 N–H and O–H groups in total. The van der Waals surface area contributed by atoms with Crippen LogP contribution in [0.1, 0.15) is 17.3 Å². The zero-order chi connectivity index (χ0) is 14.6. The van der Waals surface area contributed by atoms with E-state index in [1.807, 2.05) is 0 Å². The average molecular weight is 277 g/mol. The number of carbonyl (C=O) groups excluding carboxylic acids is 1. The van der Waals surface area contributed by atoms with Crippen LogP contribution in [0.25, 0.3) is 0 Å². The van der Waals surface area contributed by atoms with E-state index >= 15 is 0 Å². The Morgan fingerprint density at radius 2 is 2.05 bits per heavy atom. The van der Waals surface area contributed by atoms with E-state index in [-0.39, 0.29) is 12.1 Å². The quantitative estimate of drug-likeness (QED) is 0.919. The van der Waals surface area contributed by atoms with Crippen LogP contribution in [0.2, 0.25) is 0 Å². The number of carbonyl (C=O) groups is 1. The third-order valence-electron chi connectivity index (χ3n) is 2.47. The summed E-state index contributed by atoms with van der Waals surface area (Å²) < 4.78 is 41.8. The summed E-state index contributed by atoms with van der Waals surface area (Å²) in [7, 11) is 1.37. The lowest BCUT2D eigenvalue weighted by molar-refractivity contribution is -0.140. The normalized spacial score (nSPS) is 11.2. The summed E-state index contributed by atoms with van der Waals surface area (Å²) in [6.45, 7) is -0.0260. The van der Waals surface area contributed by atoms with Crippen LogP contribution in [0, 0.1) is 0 Å². The minimum atomic E-state index is -4.48. The molecule has 0 aliphatic rings. The van der Waals surface area contributed by atoms with Crippen LogP contribution >= 0.6 is 0 Å². The maximum absolute atomic E-state index is 12.3. The van der Waals surface area contributed by atoms with E-state index in [0.29, 0.717) is 10.6 Å². The van der Waals surface area contributed by atoms with Crippen molar-refractivity contribution in [2.24, 2.45) is 0 Å². The van der Waals surface area contributed by atoms with Gasteiger partial charge in [-0.1, -0.05) is 0 Å². The Balaban J connectivity index is 2.98. The smallest absolute Gasteiger partial charge is 0.406 e. The van der Waals surface area contributed by atoms with E-state index in [2.05, 4.69) is 0 Å². The highest BCUT2D eigenvalue weighted by atomic mass is 19.4. The summed E-state index contributed by atoms with van der Waals surface area (Å²) >= 11 is 0. The summed E-state index contributed by atoms with van der Waals surface area (Å²) in [5, 5.41) is 9.63. The molecule has 0 aliphatic carbocycles. The van der Waals surface area contributed by atoms with Gasteiger partial charge in [0, 0.05) is 12.6 Å². The molecular formula is C12H14F3NO3. The van der Waals surface area contributed by atoms with Gasteiger partial charge in [-0.05, 0) is 19.1 Å². The first-order valence-corrected chi connectivity index (χ1v) is 5.51. The van der Waals surface area contributed by atoms with Crippen molar-refractivity contribution in [3.05, 3.63) is 23.8 Å². The molecule has 0 unspecified atom stereocenters. The number of ether oxygens (including phenoxy) is 1. The number of amides is 1. The maximum atomic E-state index is 12.3. The molecule has 7 heteroatoms. The van der Waals surface area contributed by atoms with Crippen molar-refractivity contribution < 1.29 is 27.8 Å². The lowest BCUT2D eigenvalue weighted by Crippen LogP contribution is -2.38. The van der Waals surface area contributed by atoms with Crippen molar-refractivity contribution in [1.29, 1.82) is 0 Å². The predicted molar refractivity (Wildman–Crippen MR) is 62.3 cm³/mol. The van der Waals surface area contributed by atoms with Gasteiger partial charge in [0.1, 0.15) is 18.0 Å². The number of aromatic hydroxyl groups is 1. The second kappa shape index (κ2) is 5.81. The van der Waals surface area contributed by atoms with E-state index in [1.165, 1.54) is 32.2 Å². The predicted octanol–water partition coefficient (Wildman–Crippen LogP) is 2.43. The monoisotopic (exact) mass is 277 g/mol. The fourth-order valence-electron chi connectivity index (χ4n) is 1.53. The first-order chi connectivity index (χ1) is 8.78. The molecule has 0 spiro atoms. The molecule has 0 fully saturated rings. The van der Waals surface area contributed by atoms with Gasteiger partial charge in [-0.25, -0.2) is 0 Å². The van der Waals surface area contributed by atoms with Gasteiger partial charge < -0.3 is 14.7 Å². The van der Waals surface area contributed by atoms with E-state index in [4.69, 9.17) is 4.74 Å². The summed E-state index contributed by atoms with van der Waals surface area (Å²) in [6.07, 6.45) is -4.48. The molecule has 0 heterocycles. The van der Waals surface area contributed by atoms with Crippen LogP contribution in [0.3, 0.4) is 0 Å². The zero-order valence-corrected chi connectivity index (χ0v) is 10.5. The summed E-state index contributed by atoms with van der Waals surface area (Å²) in [6, 6.07) is 3.80. The van der Waals surface area contributed by atoms with Crippen LogP contribution in [0.5, 0.6) is 11.5 Å². The van der Waals surface area contributed by atoms with Crippen LogP contribution in [0.15, 0.2) is 18.2 Å². The molecular weight excluding hydrogens is 263 g/mol. The molecule has 0 aromatic heterocycles. The van der Waals surface area contributed by atoms with Gasteiger partial charge in [-0.2, -0.15) is 13.2 Å². The summed E-state index contributed by atoms with van der Waals surface area (Å²) in [5.74, 6) is -0.974. The van der Waals surface area contributed by atoms with Crippen LogP contribution in [0.4, 0.5) is 13.2 Å². The molecule has 4 nitrogen and oxygen atoms in total. The fraction of sp³-hybridized carbons (Fsp3) is 0.417. The van der Waals surface area contributed by atoms with Crippen molar-refractivity contribution in [2.45, 2.75) is 13.1 Å². The highest BCUT2D eigenvalue weighted by Gasteiger charge is 2.33. The number of alkyl halides is 3. The van der Waals surface area contributed by atoms with Gasteiger partial charge in [-0.15, -0.1) is 0 Å². The molecule has 1 rings (SSSR count). The summed E-state index contributed by atoms with van der Waals surface area (Å²) in [4.78, 5) is 12.5. The van der Waals surface area contributed by atoms with E-state index in [1.54, 1.807) is 0 Å². The first-order valence-electron chi connectivity index (χ1n) is 5.51. The zero-order valence-electron chi connectivity index (χ0n) is 10.5. The molecule has 1 amide bonds. The van der Waals surface area contributed by atoms with Gasteiger partial charge in [-0.3, -0.25) is 4.79 Å². The number of phenolic OH excluding ortho intramolecular Hbond substituents is 1.